The SMILES string of the molecule is Cc1cc(N)cc(-c2nnnn2C(C)CS(C)=O)c1. The highest BCUT2D eigenvalue weighted by molar-refractivity contribution is 7.84. The number of nitrogens with zero attached hydrogens (tertiary/aromatic N) is 4. The standard InChI is InChI=1S/C12H17N5OS/c1-8-4-10(6-11(13)5-8)12-14-15-16-17(12)9(2)7-19(3)18/h4-6,9H,7,13H2,1-3H3. The van der Waals surface area contributed by atoms with Crippen LogP contribution in [-0.2, 0) is 10.8 Å². The summed E-state index contributed by atoms with van der Waals surface area (Å²) in [6, 6.07) is 5.68. The van der Waals surface area contributed by atoms with Crippen LogP contribution in [0.4, 0.5) is 5.69 Å². The largest absolute Gasteiger partial charge is 0.399 e. The lowest BCUT2D eigenvalue weighted by Gasteiger charge is -2.12. The van der Waals surface area contributed by atoms with E-state index < -0.39 is 10.8 Å². The van der Waals surface area contributed by atoms with E-state index in [1.807, 2.05) is 32.0 Å². The Labute approximate surface area is 114 Å². The maximum absolute atomic E-state index is 11.3. The van der Waals surface area contributed by atoms with Crippen molar-refractivity contribution in [2.75, 3.05) is 17.7 Å². The van der Waals surface area contributed by atoms with Crippen molar-refractivity contribution < 1.29 is 4.21 Å². The molecule has 2 unspecified atom stereocenters. The molecule has 2 aromatic rings. The van der Waals surface area contributed by atoms with Crippen LogP contribution in [0.1, 0.15) is 18.5 Å². The van der Waals surface area contributed by atoms with Crippen LogP contribution < -0.4 is 5.73 Å². The highest BCUT2D eigenvalue weighted by Crippen LogP contribution is 2.23. The van der Waals surface area contributed by atoms with E-state index in [-0.39, 0.29) is 6.04 Å². The number of nitrogens with two attached hydrogens (primary N) is 1. The summed E-state index contributed by atoms with van der Waals surface area (Å²) in [7, 11) is -0.895. The van der Waals surface area contributed by atoms with Gasteiger partial charge in [-0.05, 0) is 48.0 Å². The Hall–Kier alpha value is -1.76. The molecule has 0 saturated heterocycles. The Balaban J connectivity index is 2.41. The van der Waals surface area contributed by atoms with Crippen molar-refractivity contribution in [1.82, 2.24) is 20.2 Å². The molecule has 0 amide bonds. The number of aromatic nitrogens is 4. The Bertz CT molecular complexity index is 590. The summed E-state index contributed by atoms with van der Waals surface area (Å²) in [5, 5.41) is 11.7. The minimum absolute atomic E-state index is 0.0300. The van der Waals surface area contributed by atoms with Gasteiger partial charge in [-0.15, -0.1) is 5.10 Å². The summed E-state index contributed by atoms with van der Waals surface area (Å²) >= 11 is 0. The average Bonchev–Trinajstić information content (AvgIpc) is 2.75. The molecule has 0 fully saturated rings. The number of rotatable bonds is 4. The molecule has 1 heterocycles. The molecule has 0 spiro atoms. The summed E-state index contributed by atoms with van der Waals surface area (Å²) in [6.07, 6.45) is 1.67. The van der Waals surface area contributed by atoms with Gasteiger partial charge in [0.15, 0.2) is 5.82 Å². The quantitative estimate of drug-likeness (QED) is 0.849. The molecule has 0 aliphatic rings. The third-order valence-corrected chi connectivity index (χ3v) is 3.70. The second-order valence-corrected chi connectivity index (χ2v) is 6.15. The van der Waals surface area contributed by atoms with Crippen LogP contribution in [0.2, 0.25) is 0 Å². The lowest BCUT2D eigenvalue weighted by atomic mass is 10.1. The molecule has 2 rings (SSSR count). The molecule has 1 aromatic carbocycles. The van der Waals surface area contributed by atoms with E-state index in [0.29, 0.717) is 17.3 Å². The molecular weight excluding hydrogens is 262 g/mol. The van der Waals surface area contributed by atoms with E-state index in [1.165, 1.54) is 0 Å². The lowest BCUT2D eigenvalue weighted by molar-refractivity contribution is 0.521. The van der Waals surface area contributed by atoms with Gasteiger partial charge >= 0.3 is 0 Å². The van der Waals surface area contributed by atoms with Crippen LogP contribution in [0.25, 0.3) is 11.4 Å². The van der Waals surface area contributed by atoms with Crippen molar-refractivity contribution in [2.45, 2.75) is 19.9 Å². The van der Waals surface area contributed by atoms with Crippen molar-refractivity contribution in [3.8, 4) is 11.4 Å². The topological polar surface area (TPSA) is 86.7 Å². The fourth-order valence-corrected chi connectivity index (χ4v) is 2.85. The number of benzene rings is 1. The molecule has 0 radical (unpaired) electrons. The van der Waals surface area contributed by atoms with Crippen LogP contribution in [0.15, 0.2) is 18.2 Å². The zero-order chi connectivity index (χ0) is 14.0. The molecule has 2 N–H and O–H groups in total. The molecular formula is C12H17N5OS. The molecule has 0 saturated carbocycles. The molecule has 0 aliphatic carbocycles. The molecule has 19 heavy (non-hydrogen) atoms. The normalized spacial score (nSPS) is 14.3. The maximum atomic E-state index is 11.3. The molecule has 0 bridgehead atoms. The van der Waals surface area contributed by atoms with Crippen LogP contribution in [0.3, 0.4) is 0 Å². The minimum Gasteiger partial charge on any atom is -0.399 e. The van der Waals surface area contributed by atoms with Gasteiger partial charge in [-0.1, -0.05) is 0 Å². The first kappa shape index (κ1) is 13.7. The van der Waals surface area contributed by atoms with Crippen LogP contribution in [0, 0.1) is 6.92 Å². The number of hydrogen-bond acceptors (Lipinski definition) is 5. The Morgan fingerprint density at radius 2 is 2.16 bits per heavy atom. The van der Waals surface area contributed by atoms with Gasteiger partial charge in [0.1, 0.15) is 0 Å². The van der Waals surface area contributed by atoms with Crippen molar-refractivity contribution in [3.63, 3.8) is 0 Å². The van der Waals surface area contributed by atoms with Crippen molar-refractivity contribution in [2.24, 2.45) is 0 Å². The summed E-state index contributed by atoms with van der Waals surface area (Å²) in [4.78, 5) is 0. The molecule has 102 valence electrons. The summed E-state index contributed by atoms with van der Waals surface area (Å²) in [6.45, 7) is 3.92. The first-order valence-electron chi connectivity index (χ1n) is 5.93. The third kappa shape index (κ3) is 3.17. The third-order valence-electron chi connectivity index (χ3n) is 2.74. The first-order chi connectivity index (χ1) is 8.97. The number of aryl methyl sites for hydroxylation is 1. The number of anilines is 1. The van der Waals surface area contributed by atoms with Gasteiger partial charge in [0.25, 0.3) is 0 Å². The van der Waals surface area contributed by atoms with E-state index in [1.54, 1.807) is 10.9 Å². The fraction of sp³-hybridized carbons (Fsp3) is 0.417. The zero-order valence-corrected chi connectivity index (χ0v) is 12.0. The van der Waals surface area contributed by atoms with Crippen molar-refractivity contribution in [1.29, 1.82) is 0 Å². The Kier molecular flexibility index (Phi) is 3.94. The number of hydrogen-bond donors (Lipinski definition) is 1. The average molecular weight is 279 g/mol. The summed E-state index contributed by atoms with van der Waals surface area (Å²) < 4.78 is 13.0. The van der Waals surface area contributed by atoms with Gasteiger partial charge in [-0.2, -0.15) is 0 Å². The molecule has 0 aliphatic heterocycles. The van der Waals surface area contributed by atoms with E-state index in [9.17, 15) is 4.21 Å². The predicted molar refractivity (Wildman–Crippen MR) is 76.0 cm³/mol. The number of nitrogen functional groups attached to an aromatic ring is 1. The van der Waals surface area contributed by atoms with E-state index in [2.05, 4.69) is 15.5 Å². The van der Waals surface area contributed by atoms with Crippen LogP contribution in [0.5, 0.6) is 0 Å². The monoisotopic (exact) mass is 279 g/mol. The van der Waals surface area contributed by atoms with Gasteiger partial charge < -0.3 is 5.73 Å². The maximum Gasteiger partial charge on any atom is 0.182 e. The van der Waals surface area contributed by atoms with E-state index in [4.69, 9.17) is 5.73 Å². The molecule has 7 heteroatoms. The Morgan fingerprint density at radius 3 is 2.79 bits per heavy atom. The highest BCUT2D eigenvalue weighted by Gasteiger charge is 2.16. The van der Waals surface area contributed by atoms with Gasteiger partial charge in [-0.3, -0.25) is 4.21 Å². The Morgan fingerprint density at radius 1 is 1.42 bits per heavy atom. The van der Waals surface area contributed by atoms with Crippen LogP contribution in [-0.4, -0.2) is 36.4 Å². The van der Waals surface area contributed by atoms with Gasteiger partial charge in [0.2, 0.25) is 0 Å². The van der Waals surface area contributed by atoms with Gasteiger partial charge in [0, 0.05) is 34.1 Å². The number of tetrazole rings is 1. The van der Waals surface area contributed by atoms with Gasteiger partial charge in [0.05, 0.1) is 6.04 Å². The molecule has 6 nitrogen and oxygen atoms in total. The first-order valence-corrected chi connectivity index (χ1v) is 7.65. The van der Waals surface area contributed by atoms with Crippen LogP contribution >= 0.6 is 0 Å². The molecule has 2 atom stereocenters. The van der Waals surface area contributed by atoms with E-state index in [0.717, 1.165) is 11.1 Å². The lowest BCUT2D eigenvalue weighted by Crippen LogP contribution is -2.15. The second-order valence-electron chi connectivity index (χ2n) is 4.67. The fourth-order valence-electron chi connectivity index (χ4n) is 2.03. The summed E-state index contributed by atoms with van der Waals surface area (Å²) in [5.41, 5.74) is 8.45. The van der Waals surface area contributed by atoms with E-state index >= 15 is 0 Å². The second kappa shape index (κ2) is 5.48. The highest BCUT2D eigenvalue weighted by atomic mass is 32.2. The van der Waals surface area contributed by atoms with Gasteiger partial charge in [-0.25, -0.2) is 4.68 Å². The smallest absolute Gasteiger partial charge is 0.182 e. The van der Waals surface area contributed by atoms with Crippen molar-refractivity contribution >= 4 is 16.5 Å². The molecule has 1 aromatic heterocycles. The van der Waals surface area contributed by atoms with Crippen molar-refractivity contribution in [3.05, 3.63) is 23.8 Å². The minimum atomic E-state index is -0.895. The summed E-state index contributed by atoms with van der Waals surface area (Å²) in [5.74, 6) is 1.16. The predicted octanol–water partition coefficient (Wildman–Crippen LogP) is 1.17. The zero-order valence-electron chi connectivity index (χ0n) is 11.2.